The average Bonchev–Trinajstić information content (AvgIpc) is 2.60. The number of carbonyl (C=O) groups excluding carboxylic acids is 1. The first-order chi connectivity index (χ1) is 7.20. The highest BCUT2D eigenvalue weighted by atomic mass is 16.5. The third-order valence-electron chi connectivity index (χ3n) is 2.30. The zero-order valence-electron chi connectivity index (χ0n) is 8.90. The van der Waals surface area contributed by atoms with Crippen molar-refractivity contribution in [3.63, 3.8) is 0 Å². The van der Waals surface area contributed by atoms with Crippen LogP contribution in [0.15, 0.2) is 6.07 Å². The van der Waals surface area contributed by atoms with E-state index in [2.05, 4.69) is 5.10 Å². The quantitative estimate of drug-likeness (QED) is 0.689. The fourth-order valence-corrected chi connectivity index (χ4v) is 1.53. The van der Waals surface area contributed by atoms with Gasteiger partial charge in [-0.15, -0.1) is 0 Å². The Hall–Kier alpha value is -1.52. The number of aromatic nitrogens is 2. The summed E-state index contributed by atoms with van der Waals surface area (Å²) in [4.78, 5) is 11.4. The van der Waals surface area contributed by atoms with Gasteiger partial charge in [0.1, 0.15) is 0 Å². The Kier molecular flexibility index (Phi) is 2.62. The molecule has 1 aromatic heterocycles. The zero-order chi connectivity index (χ0) is 10.8. The third-order valence-corrected chi connectivity index (χ3v) is 2.30. The SMILES string of the molecule is CCOC(=O)c1cc2n(n1)CCC(C)O2. The molecule has 0 N–H and O–H groups in total. The first kappa shape index (κ1) is 10.0. The molecule has 5 heteroatoms. The van der Waals surface area contributed by atoms with Crippen LogP contribution in [0.5, 0.6) is 5.88 Å². The van der Waals surface area contributed by atoms with Gasteiger partial charge in [-0.25, -0.2) is 9.48 Å². The number of aryl methyl sites for hydroxylation is 1. The van der Waals surface area contributed by atoms with Crippen LogP contribution in [0.25, 0.3) is 0 Å². The van der Waals surface area contributed by atoms with Gasteiger partial charge in [0, 0.05) is 19.0 Å². The van der Waals surface area contributed by atoms with E-state index < -0.39 is 5.97 Å². The van der Waals surface area contributed by atoms with E-state index in [1.54, 1.807) is 17.7 Å². The van der Waals surface area contributed by atoms with Crippen LogP contribution in [0.4, 0.5) is 0 Å². The minimum absolute atomic E-state index is 0.184. The lowest BCUT2D eigenvalue weighted by atomic mass is 10.2. The van der Waals surface area contributed by atoms with Gasteiger partial charge in [-0.2, -0.15) is 5.10 Å². The summed E-state index contributed by atoms with van der Waals surface area (Å²) in [6, 6.07) is 1.63. The first-order valence-corrected chi connectivity index (χ1v) is 5.12. The van der Waals surface area contributed by atoms with Gasteiger partial charge >= 0.3 is 5.97 Å². The molecule has 0 fully saturated rings. The van der Waals surface area contributed by atoms with Gasteiger partial charge in [-0.05, 0) is 13.8 Å². The summed E-state index contributed by atoms with van der Waals surface area (Å²) in [5, 5.41) is 4.12. The lowest BCUT2D eigenvalue weighted by molar-refractivity contribution is 0.0518. The molecule has 0 spiro atoms. The van der Waals surface area contributed by atoms with E-state index in [0.29, 0.717) is 18.2 Å². The minimum atomic E-state index is -0.393. The average molecular weight is 210 g/mol. The molecule has 2 rings (SSSR count). The Morgan fingerprint density at radius 3 is 3.33 bits per heavy atom. The lowest BCUT2D eigenvalue weighted by Crippen LogP contribution is -2.23. The Bertz CT molecular complexity index is 373. The number of rotatable bonds is 2. The molecule has 2 heterocycles. The zero-order valence-corrected chi connectivity index (χ0v) is 8.90. The van der Waals surface area contributed by atoms with Gasteiger partial charge in [0.2, 0.25) is 5.88 Å². The van der Waals surface area contributed by atoms with E-state index in [9.17, 15) is 4.79 Å². The normalized spacial score (nSPS) is 19.2. The second-order valence-electron chi connectivity index (χ2n) is 3.53. The van der Waals surface area contributed by atoms with E-state index in [0.717, 1.165) is 13.0 Å². The van der Waals surface area contributed by atoms with Crippen LogP contribution in [0.2, 0.25) is 0 Å². The molecule has 1 atom stereocenters. The van der Waals surface area contributed by atoms with Crippen molar-refractivity contribution in [3.05, 3.63) is 11.8 Å². The van der Waals surface area contributed by atoms with Gasteiger partial charge in [-0.1, -0.05) is 0 Å². The summed E-state index contributed by atoms with van der Waals surface area (Å²) in [5.74, 6) is 0.257. The minimum Gasteiger partial charge on any atom is -0.475 e. The molecule has 1 aromatic rings. The largest absolute Gasteiger partial charge is 0.475 e. The third kappa shape index (κ3) is 1.95. The van der Waals surface area contributed by atoms with E-state index in [1.807, 2.05) is 6.92 Å². The first-order valence-electron chi connectivity index (χ1n) is 5.12. The Balaban J connectivity index is 2.19. The summed E-state index contributed by atoms with van der Waals surface area (Å²) >= 11 is 0. The van der Waals surface area contributed by atoms with Crippen molar-refractivity contribution in [2.45, 2.75) is 32.9 Å². The number of hydrogen-bond acceptors (Lipinski definition) is 4. The van der Waals surface area contributed by atoms with E-state index in [4.69, 9.17) is 9.47 Å². The molecule has 0 aromatic carbocycles. The lowest BCUT2D eigenvalue weighted by Gasteiger charge is -2.20. The topological polar surface area (TPSA) is 53.4 Å². The summed E-state index contributed by atoms with van der Waals surface area (Å²) < 4.78 is 12.1. The van der Waals surface area contributed by atoms with E-state index in [1.165, 1.54) is 0 Å². The molecule has 0 saturated heterocycles. The number of nitrogens with zero attached hydrogens (tertiary/aromatic N) is 2. The summed E-state index contributed by atoms with van der Waals surface area (Å²) in [6.07, 6.45) is 1.10. The molecule has 1 unspecified atom stereocenters. The molecule has 0 aliphatic carbocycles. The van der Waals surface area contributed by atoms with Crippen molar-refractivity contribution in [2.75, 3.05) is 6.61 Å². The van der Waals surface area contributed by atoms with Crippen LogP contribution in [0.3, 0.4) is 0 Å². The Morgan fingerprint density at radius 2 is 2.60 bits per heavy atom. The summed E-state index contributed by atoms with van der Waals surface area (Å²) in [5.41, 5.74) is 0.320. The molecule has 0 saturated carbocycles. The maximum atomic E-state index is 11.4. The Labute approximate surface area is 88.0 Å². The van der Waals surface area contributed by atoms with Crippen LogP contribution in [0, 0.1) is 0 Å². The van der Waals surface area contributed by atoms with Crippen LogP contribution in [-0.4, -0.2) is 28.5 Å². The van der Waals surface area contributed by atoms with Crippen molar-refractivity contribution in [1.82, 2.24) is 9.78 Å². The number of carbonyl (C=O) groups is 1. The molecule has 15 heavy (non-hydrogen) atoms. The number of ether oxygens (including phenoxy) is 2. The second kappa shape index (κ2) is 3.92. The fraction of sp³-hybridized carbons (Fsp3) is 0.600. The van der Waals surface area contributed by atoms with Gasteiger partial charge in [0.15, 0.2) is 5.69 Å². The predicted molar refractivity (Wildman–Crippen MR) is 52.9 cm³/mol. The Morgan fingerprint density at radius 1 is 1.80 bits per heavy atom. The highest BCUT2D eigenvalue weighted by molar-refractivity contribution is 5.87. The standard InChI is InChI=1S/C10H14N2O3/c1-3-14-10(13)8-6-9-12(11-8)5-4-7(2)15-9/h6-7H,3-5H2,1-2H3. The monoisotopic (exact) mass is 210 g/mol. The summed E-state index contributed by atoms with van der Waals surface area (Å²) in [6.45, 7) is 4.92. The molecule has 0 bridgehead atoms. The number of fused-ring (bicyclic) bond motifs is 1. The highest BCUT2D eigenvalue weighted by Crippen LogP contribution is 2.21. The van der Waals surface area contributed by atoms with Gasteiger partial charge in [-0.3, -0.25) is 0 Å². The van der Waals surface area contributed by atoms with Crippen LogP contribution in [-0.2, 0) is 11.3 Å². The highest BCUT2D eigenvalue weighted by Gasteiger charge is 2.21. The van der Waals surface area contributed by atoms with E-state index in [-0.39, 0.29) is 6.10 Å². The van der Waals surface area contributed by atoms with Crippen molar-refractivity contribution < 1.29 is 14.3 Å². The molecule has 0 amide bonds. The smallest absolute Gasteiger partial charge is 0.358 e. The van der Waals surface area contributed by atoms with Crippen molar-refractivity contribution in [3.8, 4) is 5.88 Å². The van der Waals surface area contributed by atoms with Crippen LogP contribution >= 0.6 is 0 Å². The molecular weight excluding hydrogens is 196 g/mol. The maximum Gasteiger partial charge on any atom is 0.358 e. The molecular formula is C10H14N2O3. The predicted octanol–water partition coefficient (Wildman–Crippen LogP) is 1.23. The van der Waals surface area contributed by atoms with Crippen molar-refractivity contribution >= 4 is 5.97 Å². The van der Waals surface area contributed by atoms with E-state index >= 15 is 0 Å². The molecule has 82 valence electrons. The molecule has 1 aliphatic rings. The maximum absolute atomic E-state index is 11.4. The number of hydrogen-bond donors (Lipinski definition) is 0. The van der Waals surface area contributed by atoms with Gasteiger partial charge in [0.25, 0.3) is 0 Å². The van der Waals surface area contributed by atoms with Gasteiger partial charge in [0.05, 0.1) is 12.7 Å². The van der Waals surface area contributed by atoms with Crippen molar-refractivity contribution in [2.24, 2.45) is 0 Å². The fourth-order valence-electron chi connectivity index (χ4n) is 1.53. The van der Waals surface area contributed by atoms with Crippen LogP contribution < -0.4 is 4.74 Å². The molecule has 1 aliphatic heterocycles. The molecule has 5 nitrogen and oxygen atoms in total. The van der Waals surface area contributed by atoms with Crippen LogP contribution in [0.1, 0.15) is 30.8 Å². The van der Waals surface area contributed by atoms with Crippen molar-refractivity contribution in [1.29, 1.82) is 0 Å². The number of esters is 1. The summed E-state index contributed by atoms with van der Waals surface area (Å²) in [7, 11) is 0. The van der Waals surface area contributed by atoms with Gasteiger partial charge < -0.3 is 9.47 Å². The molecule has 0 radical (unpaired) electrons. The second-order valence-corrected chi connectivity index (χ2v) is 3.53.